The maximum Gasteiger partial charge on any atom is 0.224 e. The van der Waals surface area contributed by atoms with Gasteiger partial charge < -0.3 is 24.1 Å². The molecule has 0 amide bonds. The van der Waals surface area contributed by atoms with Crippen LogP contribution >= 0.6 is 0 Å². The van der Waals surface area contributed by atoms with E-state index in [9.17, 15) is 14.7 Å². The first-order chi connectivity index (χ1) is 13.8. The molecule has 3 rings (SSSR count). The molecule has 0 spiro atoms. The van der Waals surface area contributed by atoms with E-state index in [0.29, 0.717) is 22.8 Å². The molecule has 0 unspecified atom stereocenters. The molecule has 0 fully saturated rings. The normalized spacial score (nSPS) is 23.9. The van der Waals surface area contributed by atoms with Gasteiger partial charge in [0.1, 0.15) is 5.75 Å². The second-order valence-electron chi connectivity index (χ2n) is 7.43. The zero-order valence-corrected chi connectivity index (χ0v) is 17.4. The molecular weight excluding hydrogens is 376 g/mol. The third-order valence-electron chi connectivity index (χ3n) is 5.70. The minimum absolute atomic E-state index is 0.0232. The van der Waals surface area contributed by atoms with Gasteiger partial charge in [0.15, 0.2) is 23.0 Å². The van der Waals surface area contributed by atoms with E-state index in [2.05, 4.69) is 0 Å². The smallest absolute Gasteiger partial charge is 0.224 e. The first kappa shape index (κ1) is 20.9. The van der Waals surface area contributed by atoms with Gasteiger partial charge in [0.25, 0.3) is 0 Å². The highest BCUT2D eigenvalue weighted by Crippen LogP contribution is 2.53. The molecule has 0 bridgehead atoms. The molecule has 2 aliphatic carbocycles. The molecule has 7 heteroatoms. The zero-order chi connectivity index (χ0) is 21.5. The highest BCUT2D eigenvalue weighted by Gasteiger charge is 2.51. The summed E-state index contributed by atoms with van der Waals surface area (Å²) in [5.41, 5.74) is 1.04. The molecule has 156 valence electrons. The maximum atomic E-state index is 13.1. The lowest BCUT2D eigenvalue weighted by Gasteiger charge is -2.29. The minimum Gasteiger partial charge on any atom is -0.496 e. The second-order valence-corrected chi connectivity index (χ2v) is 7.43. The predicted octanol–water partition coefficient (Wildman–Crippen LogP) is 2.42. The summed E-state index contributed by atoms with van der Waals surface area (Å²) in [5.74, 6) is -0.401. The Morgan fingerprint density at radius 1 is 0.862 bits per heavy atom. The number of methoxy groups -OCH3 is 4. The first-order valence-corrected chi connectivity index (χ1v) is 9.37. The summed E-state index contributed by atoms with van der Waals surface area (Å²) >= 11 is 0. The number of ketones is 2. The Morgan fingerprint density at radius 3 is 1.97 bits per heavy atom. The number of rotatable bonds is 6. The molecular formula is C22H26O7. The van der Waals surface area contributed by atoms with Crippen LogP contribution in [0.2, 0.25) is 0 Å². The maximum absolute atomic E-state index is 13.1. The number of aliphatic hydroxyl groups is 1. The molecule has 0 radical (unpaired) electrons. The third kappa shape index (κ3) is 3.19. The van der Waals surface area contributed by atoms with Gasteiger partial charge in [-0.15, -0.1) is 0 Å². The van der Waals surface area contributed by atoms with Crippen LogP contribution in [0.15, 0.2) is 35.1 Å². The molecule has 0 saturated carbocycles. The summed E-state index contributed by atoms with van der Waals surface area (Å²) in [6.45, 7) is 3.90. The van der Waals surface area contributed by atoms with Crippen molar-refractivity contribution < 1.29 is 33.6 Å². The van der Waals surface area contributed by atoms with Crippen LogP contribution in [0, 0.1) is 11.8 Å². The lowest BCUT2D eigenvalue weighted by Crippen LogP contribution is -2.28. The molecule has 7 nitrogen and oxygen atoms in total. The number of Topliss-reactive ketones (excluding diaryl/α,β-unsaturated/α-hetero) is 1. The molecule has 0 saturated heterocycles. The summed E-state index contributed by atoms with van der Waals surface area (Å²) in [6, 6.07) is 3.42. The van der Waals surface area contributed by atoms with Crippen LogP contribution in [0.3, 0.4) is 0 Å². The summed E-state index contributed by atoms with van der Waals surface area (Å²) in [7, 11) is 5.90. The number of allylic oxidation sites excluding steroid dienone is 2. The Hall–Kier alpha value is -2.80. The quantitative estimate of drug-likeness (QED) is 0.731. The van der Waals surface area contributed by atoms with Crippen molar-refractivity contribution in [2.45, 2.75) is 25.9 Å². The van der Waals surface area contributed by atoms with Crippen LogP contribution in [-0.4, -0.2) is 51.2 Å². The van der Waals surface area contributed by atoms with Crippen LogP contribution in [0.5, 0.6) is 17.2 Å². The van der Waals surface area contributed by atoms with E-state index in [-0.39, 0.29) is 22.8 Å². The summed E-state index contributed by atoms with van der Waals surface area (Å²) < 4.78 is 21.5. The number of aliphatic hydroxyl groups excluding tert-OH is 1. The van der Waals surface area contributed by atoms with Crippen molar-refractivity contribution in [2.75, 3.05) is 28.4 Å². The highest BCUT2D eigenvalue weighted by atomic mass is 16.5. The Morgan fingerprint density at radius 2 is 1.45 bits per heavy atom. The van der Waals surface area contributed by atoms with Gasteiger partial charge in [-0.05, 0) is 12.0 Å². The lowest BCUT2D eigenvalue weighted by atomic mass is 9.76. The monoisotopic (exact) mass is 402 g/mol. The Labute approximate surface area is 169 Å². The lowest BCUT2D eigenvalue weighted by molar-refractivity contribution is -0.118. The van der Waals surface area contributed by atoms with E-state index in [4.69, 9.17) is 18.9 Å². The number of carbonyl (C=O) groups excluding carboxylic acids is 2. The fraction of sp³-hybridized carbons (Fsp3) is 0.455. The molecule has 1 aromatic carbocycles. The fourth-order valence-electron chi connectivity index (χ4n) is 4.39. The van der Waals surface area contributed by atoms with Gasteiger partial charge >= 0.3 is 0 Å². The molecule has 0 aliphatic heterocycles. The SMILES string of the molecule is COC1=CC(=O)C2=C(C1=O)[C@@H](c1cc(OC)c(OC)cc1OC)[C@H](C(C)C)[C@@H]2O. The summed E-state index contributed by atoms with van der Waals surface area (Å²) in [6.07, 6.45) is 0.0783. The van der Waals surface area contributed by atoms with Gasteiger partial charge in [0.05, 0.1) is 34.5 Å². The third-order valence-corrected chi connectivity index (χ3v) is 5.70. The van der Waals surface area contributed by atoms with Crippen LogP contribution < -0.4 is 14.2 Å². The molecule has 29 heavy (non-hydrogen) atoms. The number of hydrogen-bond acceptors (Lipinski definition) is 7. The van der Waals surface area contributed by atoms with Crippen molar-refractivity contribution in [1.29, 1.82) is 0 Å². The average Bonchev–Trinajstić information content (AvgIpc) is 3.03. The van der Waals surface area contributed by atoms with Gasteiger partial charge in [-0.1, -0.05) is 13.8 Å². The largest absolute Gasteiger partial charge is 0.496 e. The van der Waals surface area contributed by atoms with Gasteiger partial charge in [-0.3, -0.25) is 9.59 Å². The van der Waals surface area contributed by atoms with Gasteiger partial charge in [0.2, 0.25) is 5.78 Å². The van der Waals surface area contributed by atoms with Crippen LogP contribution in [0.4, 0.5) is 0 Å². The fourth-order valence-corrected chi connectivity index (χ4v) is 4.39. The summed E-state index contributed by atoms with van der Waals surface area (Å²) in [4.78, 5) is 25.9. The zero-order valence-electron chi connectivity index (χ0n) is 17.4. The van der Waals surface area contributed by atoms with Gasteiger partial charge in [0, 0.05) is 40.7 Å². The van der Waals surface area contributed by atoms with E-state index in [1.54, 1.807) is 12.1 Å². The van der Waals surface area contributed by atoms with Crippen LogP contribution in [-0.2, 0) is 14.3 Å². The number of ether oxygens (including phenoxy) is 4. The molecule has 1 N–H and O–H groups in total. The number of carbonyl (C=O) groups is 2. The van der Waals surface area contributed by atoms with Crippen molar-refractivity contribution in [3.63, 3.8) is 0 Å². The van der Waals surface area contributed by atoms with Crippen molar-refractivity contribution in [3.8, 4) is 17.2 Å². The van der Waals surface area contributed by atoms with E-state index in [1.807, 2.05) is 13.8 Å². The molecule has 0 heterocycles. The van der Waals surface area contributed by atoms with Crippen molar-refractivity contribution >= 4 is 11.6 Å². The highest BCUT2D eigenvalue weighted by molar-refractivity contribution is 6.23. The molecule has 2 aliphatic rings. The van der Waals surface area contributed by atoms with Crippen molar-refractivity contribution in [1.82, 2.24) is 0 Å². The first-order valence-electron chi connectivity index (χ1n) is 9.37. The van der Waals surface area contributed by atoms with Crippen molar-refractivity contribution in [3.05, 3.63) is 40.7 Å². The van der Waals surface area contributed by atoms with E-state index in [1.165, 1.54) is 28.4 Å². The average molecular weight is 402 g/mol. The second kappa shape index (κ2) is 7.91. The Balaban J connectivity index is 2.28. The summed E-state index contributed by atoms with van der Waals surface area (Å²) in [5, 5.41) is 11.0. The van der Waals surface area contributed by atoms with E-state index in [0.717, 1.165) is 6.08 Å². The van der Waals surface area contributed by atoms with Crippen LogP contribution in [0.1, 0.15) is 25.3 Å². The Kier molecular flexibility index (Phi) is 5.71. The van der Waals surface area contributed by atoms with Crippen LogP contribution in [0.25, 0.3) is 0 Å². The topological polar surface area (TPSA) is 91.3 Å². The van der Waals surface area contributed by atoms with Gasteiger partial charge in [-0.2, -0.15) is 0 Å². The molecule has 0 aromatic heterocycles. The van der Waals surface area contributed by atoms with E-state index >= 15 is 0 Å². The van der Waals surface area contributed by atoms with Gasteiger partial charge in [-0.25, -0.2) is 0 Å². The Bertz CT molecular complexity index is 910. The molecule has 3 atom stereocenters. The number of hydrogen-bond donors (Lipinski definition) is 1. The number of benzene rings is 1. The van der Waals surface area contributed by atoms with Crippen molar-refractivity contribution in [2.24, 2.45) is 11.8 Å². The van der Waals surface area contributed by atoms with E-state index < -0.39 is 29.5 Å². The predicted molar refractivity (Wildman–Crippen MR) is 105 cm³/mol. The molecule has 1 aromatic rings. The minimum atomic E-state index is -1.07. The standard InChI is InChI=1S/C22H26O7/c1-10(2)17-18(11-7-14(27-4)15(28-5)9-13(11)26-3)20-19(22(17)25)12(23)8-16(29-6)21(20)24/h7-10,17-18,22,25H,1-6H3/t17-,18-,22-/m0/s1.